The number of benzene rings is 1. The van der Waals surface area contributed by atoms with Crippen LogP contribution in [0.15, 0.2) is 36.5 Å². The maximum atomic E-state index is 13.2. The minimum Gasteiger partial charge on any atom is -0.496 e. The standard InChI is InChI=1S/C15H15FN2O2/c1-18(2)15(19)10-4-7-13(17-9-10)12-6-5-11(16)8-14(12)20-3/h4-9H,1-3H3. The van der Waals surface area contributed by atoms with E-state index in [1.807, 2.05) is 0 Å². The molecule has 104 valence electrons. The third-order valence-corrected chi connectivity index (χ3v) is 2.86. The molecule has 1 aromatic heterocycles. The molecule has 0 bridgehead atoms. The van der Waals surface area contributed by atoms with Gasteiger partial charge in [0.05, 0.1) is 18.4 Å². The number of ether oxygens (including phenoxy) is 1. The average molecular weight is 274 g/mol. The number of amides is 1. The van der Waals surface area contributed by atoms with Crippen LogP contribution >= 0.6 is 0 Å². The van der Waals surface area contributed by atoms with Crippen molar-refractivity contribution in [1.82, 2.24) is 9.88 Å². The van der Waals surface area contributed by atoms with Gasteiger partial charge in [-0.1, -0.05) is 0 Å². The second kappa shape index (κ2) is 5.69. The summed E-state index contributed by atoms with van der Waals surface area (Å²) in [6, 6.07) is 7.65. The monoisotopic (exact) mass is 274 g/mol. The van der Waals surface area contributed by atoms with E-state index in [1.165, 1.54) is 30.3 Å². The van der Waals surface area contributed by atoms with Gasteiger partial charge in [-0.3, -0.25) is 9.78 Å². The molecule has 0 saturated heterocycles. The largest absolute Gasteiger partial charge is 0.496 e. The van der Waals surface area contributed by atoms with E-state index in [0.717, 1.165) is 0 Å². The average Bonchev–Trinajstić information content (AvgIpc) is 2.46. The zero-order valence-electron chi connectivity index (χ0n) is 11.6. The van der Waals surface area contributed by atoms with E-state index in [4.69, 9.17) is 4.74 Å². The fourth-order valence-electron chi connectivity index (χ4n) is 1.81. The van der Waals surface area contributed by atoms with Crippen LogP contribution in [0.3, 0.4) is 0 Å². The van der Waals surface area contributed by atoms with E-state index in [-0.39, 0.29) is 11.7 Å². The molecule has 5 heteroatoms. The van der Waals surface area contributed by atoms with Gasteiger partial charge >= 0.3 is 0 Å². The third-order valence-electron chi connectivity index (χ3n) is 2.86. The summed E-state index contributed by atoms with van der Waals surface area (Å²) in [6.07, 6.45) is 1.50. The van der Waals surface area contributed by atoms with Gasteiger partial charge in [0.1, 0.15) is 11.6 Å². The van der Waals surface area contributed by atoms with Crippen LogP contribution in [0.5, 0.6) is 5.75 Å². The van der Waals surface area contributed by atoms with Crippen LogP contribution in [0, 0.1) is 5.82 Å². The summed E-state index contributed by atoms with van der Waals surface area (Å²) in [5.41, 5.74) is 1.80. The van der Waals surface area contributed by atoms with Gasteiger partial charge in [0.2, 0.25) is 0 Å². The van der Waals surface area contributed by atoms with Crippen molar-refractivity contribution >= 4 is 5.91 Å². The molecule has 20 heavy (non-hydrogen) atoms. The van der Waals surface area contributed by atoms with Gasteiger partial charge in [0.25, 0.3) is 5.91 Å². The summed E-state index contributed by atoms with van der Waals surface area (Å²) in [5, 5.41) is 0. The van der Waals surface area contributed by atoms with E-state index in [1.54, 1.807) is 32.3 Å². The highest BCUT2D eigenvalue weighted by atomic mass is 19.1. The third kappa shape index (κ3) is 2.77. The molecule has 2 aromatic rings. The molecule has 0 atom stereocenters. The number of rotatable bonds is 3. The molecule has 0 N–H and O–H groups in total. The van der Waals surface area contributed by atoms with Crippen molar-refractivity contribution in [3.63, 3.8) is 0 Å². The molecular formula is C15H15FN2O2. The molecule has 1 aromatic carbocycles. The molecule has 1 heterocycles. The van der Waals surface area contributed by atoms with Crippen molar-refractivity contribution in [3.05, 3.63) is 47.9 Å². The Balaban J connectivity index is 2.38. The number of hydrogen-bond acceptors (Lipinski definition) is 3. The van der Waals surface area contributed by atoms with Gasteiger partial charge < -0.3 is 9.64 Å². The lowest BCUT2D eigenvalue weighted by molar-refractivity contribution is 0.0827. The van der Waals surface area contributed by atoms with Crippen LogP contribution in [0.4, 0.5) is 4.39 Å². The molecule has 0 spiro atoms. The Hall–Kier alpha value is -2.43. The Morgan fingerprint density at radius 1 is 1.25 bits per heavy atom. The van der Waals surface area contributed by atoms with Crippen molar-refractivity contribution in [1.29, 1.82) is 0 Å². The molecule has 4 nitrogen and oxygen atoms in total. The van der Waals surface area contributed by atoms with Crippen molar-refractivity contribution in [2.45, 2.75) is 0 Å². The number of carbonyl (C=O) groups excluding carboxylic acids is 1. The SMILES string of the molecule is COc1cc(F)ccc1-c1ccc(C(=O)N(C)C)cn1. The summed E-state index contributed by atoms with van der Waals surface area (Å²) in [4.78, 5) is 17.5. The number of halogens is 1. The summed E-state index contributed by atoms with van der Waals surface area (Å²) < 4.78 is 18.3. The fraction of sp³-hybridized carbons (Fsp3) is 0.200. The minimum atomic E-state index is -0.370. The Kier molecular flexibility index (Phi) is 3.98. The van der Waals surface area contributed by atoms with E-state index >= 15 is 0 Å². The predicted octanol–water partition coefficient (Wildman–Crippen LogP) is 2.60. The summed E-state index contributed by atoms with van der Waals surface area (Å²) in [6.45, 7) is 0. The van der Waals surface area contributed by atoms with Crippen LogP contribution in [0.2, 0.25) is 0 Å². The topological polar surface area (TPSA) is 42.4 Å². The van der Waals surface area contributed by atoms with Gasteiger partial charge in [0, 0.05) is 31.9 Å². The van der Waals surface area contributed by atoms with E-state index < -0.39 is 0 Å². The van der Waals surface area contributed by atoms with Crippen LogP contribution in [0.1, 0.15) is 10.4 Å². The van der Waals surface area contributed by atoms with E-state index in [2.05, 4.69) is 4.98 Å². The Bertz CT molecular complexity index is 624. The molecule has 0 unspecified atom stereocenters. The fourth-order valence-corrected chi connectivity index (χ4v) is 1.81. The van der Waals surface area contributed by atoms with Gasteiger partial charge in [0.15, 0.2) is 0 Å². The van der Waals surface area contributed by atoms with Crippen LogP contribution < -0.4 is 4.74 Å². The first-order chi connectivity index (χ1) is 9.52. The highest BCUT2D eigenvalue weighted by molar-refractivity contribution is 5.93. The Morgan fingerprint density at radius 2 is 2.00 bits per heavy atom. The summed E-state index contributed by atoms with van der Waals surface area (Å²) >= 11 is 0. The smallest absolute Gasteiger partial charge is 0.254 e. The van der Waals surface area contributed by atoms with Crippen LogP contribution in [-0.4, -0.2) is 37.0 Å². The lowest BCUT2D eigenvalue weighted by Crippen LogP contribution is -2.21. The van der Waals surface area contributed by atoms with Crippen molar-refractivity contribution in [2.24, 2.45) is 0 Å². The highest BCUT2D eigenvalue weighted by Crippen LogP contribution is 2.29. The second-order valence-corrected chi connectivity index (χ2v) is 4.48. The lowest BCUT2D eigenvalue weighted by Gasteiger charge is -2.11. The van der Waals surface area contributed by atoms with Crippen molar-refractivity contribution < 1.29 is 13.9 Å². The number of nitrogens with zero attached hydrogens (tertiary/aromatic N) is 2. The number of methoxy groups -OCH3 is 1. The highest BCUT2D eigenvalue weighted by Gasteiger charge is 2.11. The summed E-state index contributed by atoms with van der Waals surface area (Å²) in [7, 11) is 4.83. The van der Waals surface area contributed by atoms with Crippen molar-refractivity contribution in [3.8, 4) is 17.0 Å². The van der Waals surface area contributed by atoms with Gasteiger partial charge in [-0.2, -0.15) is 0 Å². The summed E-state index contributed by atoms with van der Waals surface area (Å²) in [5.74, 6) is -0.0793. The first-order valence-electron chi connectivity index (χ1n) is 6.04. The molecule has 0 radical (unpaired) electrons. The van der Waals surface area contributed by atoms with E-state index in [9.17, 15) is 9.18 Å². The van der Waals surface area contributed by atoms with Gasteiger partial charge in [-0.15, -0.1) is 0 Å². The first-order valence-corrected chi connectivity index (χ1v) is 6.04. The Morgan fingerprint density at radius 3 is 2.55 bits per heavy atom. The minimum absolute atomic E-state index is 0.116. The van der Waals surface area contributed by atoms with Crippen molar-refractivity contribution in [2.75, 3.05) is 21.2 Å². The second-order valence-electron chi connectivity index (χ2n) is 4.48. The molecule has 2 rings (SSSR count). The van der Waals surface area contributed by atoms with Crippen LogP contribution in [0.25, 0.3) is 11.3 Å². The molecule has 0 aliphatic carbocycles. The molecule has 0 saturated carbocycles. The number of carbonyl (C=O) groups is 1. The molecular weight excluding hydrogens is 259 g/mol. The maximum Gasteiger partial charge on any atom is 0.254 e. The molecule has 0 aliphatic rings. The maximum absolute atomic E-state index is 13.2. The molecule has 0 aliphatic heterocycles. The molecule has 1 amide bonds. The number of pyridine rings is 1. The van der Waals surface area contributed by atoms with Gasteiger partial charge in [-0.25, -0.2) is 4.39 Å². The first kappa shape index (κ1) is 14.0. The van der Waals surface area contributed by atoms with Crippen LogP contribution in [-0.2, 0) is 0 Å². The normalized spacial score (nSPS) is 10.2. The van der Waals surface area contributed by atoms with E-state index in [0.29, 0.717) is 22.6 Å². The van der Waals surface area contributed by atoms with Gasteiger partial charge in [-0.05, 0) is 24.3 Å². The quantitative estimate of drug-likeness (QED) is 0.864. The zero-order valence-corrected chi connectivity index (χ0v) is 11.6. The number of hydrogen-bond donors (Lipinski definition) is 0. The number of aromatic nitrogens is 1. The predicted molar refractivity (Wildman–Crippen MR) is 74.2 cm³/mol. The Labute approximate surface area is 116 Å². The lowest BCUT2D eigenvalue weighted by atomic mass is 10.1. The molecule has 0 fully saturated rings. The zero-order chi connectivity index (χ0) is 14.7.